The molecule has 0 amide bonds. The number of nitrogens with zero attached hydrogens (tertiary/aromatic N) is 1. The zero-order valence-electron chi connectivity index (χ0n) is 19.0. The van der Waals surface area contributed by atoms with Crippen LogP contribution in [0.4, 0.5) is 5.69 Å². The van der Waals surface area contributed by atoms with E-state index in [0.717, 1.165) is 57.3 Å². The Labute approximate surface area is 187 Å². The van der Waals surface area contributed by atoms with Gasteiger partial charge in [0.05, 0.1) is 22.0 Å². The second-order valence-corrected chi connectivity index (χ2v) is 9.66. The molecule has 0 saturated heterocycles. The molecule has 170 valence electrons. The smallest absolute Gasteiger partial charge is 0.338 e. The fraction of sp³-hybridized carbons (Fsp3) is 0.480. The van der Waals surface area contributed by atoms with Crippen LogP contribution in [-0.4, -0.2) is 34.1 Å². The number of benzene rings is 2. The van der Waals surface area contributed by atoms with Gasteiger partial charge in [-0.25, -0.2) is 13.2 Å². The summed E-state index contributed by atoms with van der Waals surface area (Å²) in [5.74, 6) is -0.430. The normalized spacial score (nSPS) is 11.3. The molecule has 0 atom stereocenters. The molecule has 0 radical (unpaired) electrons. The molecule has 0 fully saturated rings. The van der Waals surface area contributed by atoms with Gasteiger partial charge in [-0.15, -0.1) is 0 Å². The number of unbranched alkanes of at least 4 members (excludes halogenated alkanes) is 3. The minimum atomic E-state index is -3.65. The van der Waals surface area contributed by atoms with Crippen LogP contribution in [0.2, 0.25) is 0 Å². The highest BCUT2D eigenvalue weighted by Gasteiger charge is 2.19. The summed E-state index contributed by atoms with van der Waals surface area (Å²) in [5.41, 5.74) is 1.40. The van der Waals surface area contributed by atoms with Crippen molar-refractivity contribution in [1.82, 2.24) is 0 Å². The lowest BCUT2D eigenvalue weighted by atomic mass is 10.2. The maximum absolute atomic E-state index is 13.0. The summed E-state index contributed by atoms with van der Waals surface area (Å²) in [7, 11) is -3.65. The van der Waals surface area contributed by atoms with Crippen molar-refractivity contribution in [2.45, 2.75) is 69.1 Å². The second-order valence-electron chi connectivity index (χ2n) is 7.71. The lowest BCUT2D eigenvalue weighted by Gasteiger charge is -2.25. The van der Waals surface area contributed by atoms with E-state index in [1.165, 1.54) is 24.3 Å². The van der Waals surface area contributed by atoms with Gasteiger partial charge in [0, 0.05) is 18.8 Å². The molecule has 0 spiro atoms. The van der Waals surface area contributed by atoms with Crippen LogP contribution in [0.5, 0.6) is 0 Å². The zero-order valence-corrected chi connectivity index (χ0v) is 19.8. The molecule has 0 aliphatic rings. The fourth-order valence-corrected chi connectivity index (χ4v) is 4.46. The highest BCUT2D eigenvalue weighted by molar-refractivity contribution is 7.91. The molecule has 2 aromatic rings. The van der Waals surface area contributed by atoms with E-state index in [1.807, 2.05) is 19.1 Å². The molecule has 0 unspecified atom stereocenters. The Morgan fingerprint density at radius 3 is 1.74 bits per heavy atom. The van der Waals surface area contributed by atoms with Crippen molar-refractivity contribution in [3.8, 4) is 0 Å². The third-order valence-corrected chi connectivity index (χ3v) is 6.99. The van der Waals surface area contributed by atoms with Crippen molar-refractivity contribution in [2.75, 3.05) is 24.6 Å². The van der Waals surface area contributed by atoms with Gasteiger partial charge in [0.2, 0.25) is 9.84 Å². The zero-order chi connectivity index (χ0) is 22.7. The Morgan fingerprint density at radius 1 is 0.774 bits per heavy atom. The molecule has 6 heteroatoms. The summed E-state index contributed by atoms with van der Waals surface area (Å²) in [4.78, 5) is 14.8. The van der Waals surface area contributed by atoms with Gasteiger partial charge in [-0.05, 0) is 67.8 Å². The third-order valence-electron chi connectivity index (χ3n) is 5.21. The van der Waals surface area contributed by atoms with Crippen molar-refractivity contribution in [3.63, 3.8) is 0 Å². The Kier molecular flexibility index (Phi) is 10.0. The quantitative estimate of drug-likeness (QED) is 0.284. The number of ether oxygens (including phenoxy) is 1. The number of anilines is 1. The largest absolute Gasteiger partial charge is 0.462 e. The molecule has 0 aliphatic carbocycles. The van der Waals surface area contributed by atoms with Crippen LogP contribution in [0.25, 0.3) is 0 Å². The van der Waals surface area contributed by atoms with Crippen molar-refractivity contribution in [2.24, 2.45) is 0 Å². The highest BCUT2D eigenvalue weighted by Crippen LogP contribution is 2.25. The molecule has 5 nitrogen and oxygen atoms in total. The Morgan fingerprint density at radius 2 is 1.26 bits per heavy atom. The Balaban J connectivity index is 2.15. The van der Waals surface area contributed by atoms with E-state index >= 15 is 0 Å². The summed E-state index contributed by atoms with van der Waals surface area (Å²) in [6.45, 7) is 8.67. The molecular weight excluding hydrogens is 410 g/mol. The molecule has 0 bridgehead atoms. The average molecular weight is 446 g/mol. The van der Waals surface area contributed by atoms with Crippen LogP contribution in [0.15, 0.2) is 58.3 Å². The van der Waals surface area contributed by atoms with Crippen LogP contribution in [0.1, 0.15) is 69.7 Å². The van der Waals surface area contributed by atoms with E-state index < -0.39 is 15.8 Å². The number of esters is 1. The Bertz CT molecular complexity index is 898. The minimum absolute atomic E-state index is 0.166. The summed E-state index contributed by atoms with van der Waals surface area (Å²) in [6, 6.07) is 13.1. The van der Waals surface area contributed by atoms with Gasteiger partial charge in [0.25, 0.3) is 0 Å². The SMILES string of the molecule is CCCCOC(=O)c1ccc(S(=O)(=O)c2ccc(N(CCCC)CCCC)cc2)cc1. The number of rotatable bonds is 13. The summed E-state index contributed by atoms with van der Waals surface area (Å²) >= 11 is 0. The van der Waals surface area contributed by atoms with E-state index in [1.54, 1.807) is 12.1 Å². The van der Waals surface area contributed by atoms with E-state index in [2.05, 4.69) is 18.7 Å². The van der Waals surface area contributed by atoms with Crippen LogP contribution in [0.3, 0.4) is 0 Å². The molecule has 0 N–H and O–H groups in total. The van der Waals surface area contributed by atoms with Crippen LogP contribution < -0.4 is 4.90 Å². The third kappa shape index (κ3) is 7.10. The molecular formula is C25H35NO4S. The van der Waals surface area contributed by atoms with Crippen LogP contribution in [-0.2, 0) is 14.6 Å². The summed E-state index contributed by atoms with van der Waals surface area (Å²) < 4.78 is 31.2. The minimum Gasteiger partial charge on any atom is -0.462 e. The number of carbonyl (C=O) groups is 1. The number of hydrogen-bond acceptors (Lipinski definition) is 5. The number of carbonyl (C=O) groups excluding carboxylic acids is 1. The lowest BCUT2D eigenvalue weighted by Crippen LogP contribution is -2.25. The first-order valence-corrected chi connectivity index (χ1v) is 12.8. The van der Waals surface area contributed by atoms with E-state index in [-0.39, 0.29) is 9.79 Å². The number of hydrogen-bond donors (Lipinski definition) is 0. The predicted molar refractivity (Wildman–Crippen MR) is 126 cm³/mol. The van der Waals surface area contributed by atoms with Gasteiger partial charge < -0.3 is 9.64 Å². The van der Waals surface area contributed by atoms with Gasteiger partial charge in [0.15, 0.2) is 0 Å². The molecule has 0 aromatic heterocycles. The maximum Gasteiger partial charge on any atom is 0.338 e. The summed E-state index contributed by atoms with van der Waals surface area (Å²) in [5, 5.41) is 0. The van der Waals surface area contributed by atoms with E-state index in [0.29, 0.717) is 12.2 Å². The standard InChI is InChI=1S/C25H35NO4S/c1-4-7-18-26(19-8-5-2)22-12-16-24(17-13-22)31(28,29)23-14-10-21(11-15-23)25(27)30-20-9-6-3/h10-17H,4-9,18-20H2,1-3H3. The van der Waals surface area contributed by atoms with Crippen LogP contribution in [0, 0.1) is 0 Å². The first-order valence-electron chi connectivity index (χ1n) is 11.3. The molecule has 31 heavy (non-hydrogen) atoms. The predicted octanol–water partition coefficient (Wildman–Crippen LogP) is 5.88. The van der Waals surface area contributed by atoms with Crippen LogP contribution >= 0.6 is 0 Å². The van der Waals surface area contributed by atoms with Crippen molar-refractivity contribution >= 4 is 21.5 Å². The second kappa shape index (κ2) is 12.5. The first-order chi connectivity index (χ1) is 14.9. The molecule has 0 aliphatic heterocycles. The van der Waals surface area contributed by atoms with Gasteiger partial charge in [0.1, 0.15) is 0 Å². The van der Waals surface area contributed by atoms with Crippen molar-refractivity contribution < 1.29 is 17.9 Å². The monoisotopic (exact) mass is 445 g/mol. The van der Waals surface area contributed by atoms with E-state index in [4.69, 9.17) is 4.74 Å². The maximum atomic E-state index is 13.0. The summed E-state index contributed by atoms with van der Waals surface area (Å²) in [6.07, 6.45) is 6.21. The van der Waals surface area contributed by atoms with Gasteiger partial charge >= 0.3 is 5.97 Å². The van der Waals surface area contributed by atoms with E-state index in [9.17, 15) is 13.2 Å². The molecule has 0 heterocycles. The van der Waals surface area contributed by atoms with Gasteiger partial charge in [-0.2, -0.15) is 0 Å². The molecule has 2 aromatic carbocycles. The highest BCUT2D eigenvalue weighted by atomic mass is 32.2. The van der Waals surface area contributed by atoms with Crippen molar-refractivity contribution in [3.05, 3.63) is 54.1 Å². The topological polar surface area (TPSA) is 63.7 Å². The lowest BCUT2D eigenvalue weighted by molar-refractivity contribution is 0.0499. The molecule has 2 rings (SSSR count). The first kappa shape index (κ1) is 24.9. The average Bonchev–Trinajstić information content (AvgIpc) is 2.79. The van der Waals surface area contributed by atoms with Gasteiger partial charge in [-0.1, -0.05) is 40.0 Å². The van der Waals surface area contributed by atoms with Crippen molar-refractivity contribution in [1.29, 1.82) is 0 Å². The molecule has 0 saturated carbocycles. The number of sulfone groups is 1. The van der Waals surface area contributed by atoms with Gasteiger partial charge in [-0.3, -0.25) is 0 Å². The fourth-order valence-electron chi connectivity index (χ4n) is 3.20. The Hall–Kier alpha value is -2.34.